The van der Waals surface area contributed by atoms with Gasteiger partial charge in [-0.25, -0.2) is 4.39 Å². The van der Waals surface area contributed by atoms with E-state index in [0.717, 1.165) is 44.4 Å². The predicted molar refractivity (Wildman–Crippen MR) is 85.1 cm³/mol. The summed E-state index contributed by atoms with van der Waals surface area (Å²) < 4.78 is 21.2. The zero-order valence-electron chi connectivity index (χ0n) is 13.3. The van der Waals surface area contributed by atoms with Crippen molar-refractivity contribution < 1.29 is 8.81 Å². The molecule has 0 radical (unpaired) electrons. The molecule has 2 aromatic heterocycles. The highest BCUT2D eigenvalue weighted by Gasteiger charge is 2.36. The molecule has 0 N–H and O–H groups in total. The molecule has 0 amide bonds. The smallest absolute Gasteiger partial charge is 0.298 e. The molecule has 1 fully saturated rings. The molecule has 8 heteroatoms. The number of aryl methyl sites for hydroxylation is 1. The maximum atomic E-state index is 13.3. The van der Waals surface area contributed by atoms with Gasteiger partial charge >= 0.3 is 0 Å². The summed E-state index contributed by atoms with van der Waals surface area (Å²) in [6, 6.07) is 5.45. The number of rotatable bonds is 2. The molecule has 7 nitrogen and oxygen atoms in total. The minimum atomic E-state index is -0.295. The molecule has 0 bridgehead atoms. The average Bonchev–Trinajstić information content (AvgIpc) is 3.09. The van der Waals surface area contributed by atoms with Gasteiger partial charge in [0.05, 0.1) is 6.54 Å². The van der Waals surface area contributed by atoms with Gasteiger partial charge in [0, 0.05) is 38.3 Å². The Labute approximate surface area is 137 Å². The minimum absolute atomic E-state index is 0.295. The van der Waals surface area contributed by atoms with E-state index >= 15 is 0 Å². The third-order valence-electron chi connectivity index (χ3n) is 4.96. The van der Waals surface area contributed by atoms with E-state index in [0.29, 0.717) is 23.2 Å². The molecule has 5 rings (SSSR count). The number of aromatic nitrogens is 4. The molecule has 0 aliphatic carbocycles. The lowest BCUT2D eigenvalue weighted by atomic mass is 10.1. The van der Waals surface area contributed by atoms with Crippen LogP contribution in [0.1, 0.15) is 11.6 Å². The highest BCUT2D eigenvalue weighted by molar-refractivity contribution is 5.74. The van der Waals surface area contributed by atoms with Crippen LogP contribution in [0.4, 0.5) is 10.4 Å². The molecular weight excluding hydrogens is 311 g/mol. The second-order valence-electron chi connectivity index (χ2n) is 6.45. The third kappa shape index (κ3) is 2.10. The summed E-state index contributed by atoms with van der Waals surface area (Å²) in [5, 5.41) is 8.40. The first kappa shape index (κ1) is 13.9. The Bertz CT molecular complexity index is 913. The van der Waals surface area contributed by atoms with Crippen molar-refractivity contribution in [1.29, 1.82) is 0 Å². The molecule has 0 atom stereocenters. The van der Waals surface area contributed by atoms with Crippen LogP contribution in [0.2, 0.25) is 0 Å². The Morgan fingerprint density at radius 1 is 1.21 bits per heavy atom. The van der Waals surface area contributed by atoms with Crippen LogP contribution in [0, 0.1) is 12.7 Å². The van der Waals surface area contributed by atoms with Crippen molar-refractivity contribution in [3.63, 3.8) is 0 Å². The fourth-order valence-corrected chi connectivity index (χ4v) is 3.50. The Balaban J connectivity index is 1.28. The zero-order chi connectivity index (χ0) is 16.3. The van der Waals surface area contributed by atoms with Gasteiger partial charge in [0.25, 0.3) is 6.01 Å². The van der Waals surface area contributed by atoms with Crippen molar-refractivity contribution in [2.45, 2.75) is 26.1 Å². The first-order chi connectivity index (χ1) is 11.7. The molecule has 1 saturated heterocycles. The maximum Gasteiger partial charge on any atom is 0.298 e. The van der Waals surface area contributed by atoms with Crippen molar-refractivity contribution in [3.05, 3.63) is 35.7 Å². The van der Waals surface area contributed by atoms with Gasteiger partial charge in [-0.1, -0.05) is 0 Å². The van der Waals surface area contributed by atoms with E-state index in [-0.39, 0.29) is 5.82 Å². The van der Waals surface area contributed by atoms with Gasteiger partial charge in [-0.15, -0.1) is 10.2 Å². The second-order valence-corrected chi connectivity index (χ2v) is 6.45. The highest BCUT2D eigenvalue weighted by atomic mass is 19.1. The molecule has 1 aromatic carbocycles. The lowest BCUT2D eigenvalue weighted by Gasteiger charge is -2.45. The van der Waals surface area contributed by atoms with E-state index in [2.05, 4.69) is 29.5 Å². The van der Waals surface area contributed by atoms with Crippen molar-refractivity contribution in [2.75, 3.05) is 24.5 Å². The van der Waals surface area contributed by atoms with E-state index < -0.39 is 0 Å². The number of hydrogen-bond donors (Lipinski definition) is 0. The molecule has 2 aliphatic heterocycles. The number of oxazole rings is 1. The molecule has 124 valence electrons. The van der Waals surface area contributed by atoms with Gasteiger partial charge in [0.1, 0.15) is 23.0 Å². The predicted octanol–water partition coefficient (Wildman–Crippen LogP) is 1.57. The van der Waals surface area contributed by atoms with E-state index in [1.54, 1.807) is 6.07 Å². The topological polar surface area (TPSA) is 63.2 Å². The van der Waals surface area contributed by atoms with Gasteiger partial charge in [0.2, 0.25) is 0 Å². The van der Waals surface area contributed by atoms with Crippen molar-refractivity contribution in [1.82, 2.24) is 24.6 Å². The Kier molecular flexibility index (Phi) is 2.90. The van der Waals surface area contributed by atoms with E-state index in [1.807, 2.05) is 6.92 Å². The first-order valence-corrected chi connectivity index (χ1v) is 8.11. The lowest BCUT2D eigenvalue weighted by Crippen LogP contribution is -2.60. The van der Waals surface area contributed by atoms with Crippen LogP contribution in [0.3, 0.4) is 0 Å². The number of anilines is 1. The summed E-state index contributed by atoms with van der Waals surface area (Å²) in [4.78, 5) is 8.91. The summed E-state index contributed by atoms with van der Waals surface area (Å²) in [6.45, 7) is 6.49. The second kappa shape index (κ2) is 5.01. The summed E-state index contributed by atoms with van der Waals surface area (Å²) in [5.74, 6) is 1.73. The van der Waals surface area contributed by atoms with Crippen LogP contribution in [0.5, 0.6) is 0 Å². The highest BCUT2D eigenvalue weighted by Crippen LogP contribution is 2.28. The Hall–Kier alpha value is -2.48. The lowest BCUT2D eigenvalue weighted by molar-refractivity contribution is 0.125. The van der Waals surface area contributed by atoms with Gasteiger partial charge in [-0.2, -0.15) is 4.98 Å². The maximum absolute atomic E-state index is 13.3. The largest absolute Gasteiger partial charge is 0.423 e. The van der Waals surface area contributed by atoms with Crippen molar-refractivity contribution >= 4 is 17.1 Å². The number of halogens is 1. The molecule has 0 spiro atoms. The Morgan fingerprint density at radius 2 is 2.08 bits per heavy atom. The van der Waals surface area contributed by atoms with Crippen LogP contribution < -0.4 is 4.90 Å². The van der Waals surface area contributed by atoms with Gasteiger partial charge in [0.15, 0.2) is 5.58 Å². The summed E-state index contributed by atoms with van der Waals surface area (Å²) >= 11 is 0. The molecule has 0 unspecified atom stereocenters. The quantitative estimate of drug-likeness (QED) is 0.712. The van der Waals surface area contributed by atoms with Gasteiger partial charge in [-0.05, 0) is 19.1 Å². The van der Waals surface area contributed by atoms with Crippen LogP contribution in [0.15, 0.2) is 22.6 Å². The van der Waals surface area contributed by atoms with E-state index in [9.17, 15) is 4.39 Å². The Morgan fingerprint density at radius 3 is 2.96 bits per heavy atom. The molecule has 3 aromatic rings. The molecule has 2 aliphatic rings. The van der Waals surface area contributed by atoms with Crippen molar-refractivity contribution in [2.24, 2.45) is 0 Å². The fraction of sp³-hybridized carbons (Fsp3) is 0.438. The monoisotopic (exact) mass is 328 g/mol. The number of benzene rings is 1. The molecular formula is C16H17FN6O. The molecule has 24 heavy (non-hydrogen) atoms. The number of hydrogen-bond acceptors (Lipinski definition) is 6. The fourth-order valence-electron chi connectivity index (χ4n) is 3.50. The van der Waals surface area contributed by atoms with E-state index in [4.69, 9.17) is 4.42 Å². The third-order valence-corrected chi connectivity index (χ3v) is 4.96. The summed E-state index contributed by atoms with van der Waals surface area (Å²) in [6.07, 6.45) is 0. The van der Waals surface area contributed by atoms with Crippen molar-refractivity contribution in [3.8, 4) is 0 Å². The average molecular weight is 328 g/mol. The minimum Gasteiger partial charge on any atom is -0.423 e. The SMILES string of the molecule is Cc1nnc2n1CCN(C1CN(c3nc4cc(F)ccc4o3)C1)C2. The molecule has 0 saturated carbocycles. The zero-order valence-corrected chi connectivity index (χ0v) is 13.3. The van der Waals surface area contributed by atoms with E-state index in [1.165, 1.54) is 12.1 Å². The molecule has 4 heterocycles. The summed E-state index contributed by atoms with van der Waals surface area (Å²) in [5.41, 5.74) is 1.19. The van der Waals surface area contributed by atoms with Crippen LogP contribution in [0.25, 0.3) is 11.1 Å². The van der Waals surface area contributed by atoms with Gasteiger partial charge in [-0.3, -0.25) is 4.90 Å². The van der Waals surface area contributed by atoms with Gasteiger partial charge < -0.3 is 13.9 Å². The number of fused-ring (bicyclic) bond motifs is 2. The number of nitrogens with zero attached hydrogens (tertiary/aromatic N) is 6. The van der Waals surface area contributed by atoms with Crippen LogP contribution in [-0.2, 0) is 13.1 Å². The van der Waals surface area contributed by atoms with Crippen LogP contribution >= 0.6 is 0 Å². The van der Waals surface area contributed by atoms with Crippen LogP contribution in [-0.4, -0.2) is 50.3 Å². The standard InChI is InChI=1S/C16H17FN6O/c1-10-19-20-15-9-21(4-5-23(10)15)12-7-22(8-12)16-18-13-6-11(17)2-3-14(13)24-16/h2-3,6,12H,4-5,7-9H2,1H3. The first-order valence-electron chi connectivity index (χ1n) is 8.11. The summed E-state index contributed by atoms with van der Waals surface area (Å²) in [7, 11) is 0. The normalized spacial score (nSPS) is 18.8.